The van der Waals surface area contributed by atoms with Gasteiger partial charge in [-0.1, -0.05) is 13.0 Å². The molecular formula is C8H15N. The maximum atomic E-state index is 5.85. The van der Waals surface area contributed by atoms with E-state index < -0.39 is 0 Å². The molecule has 0 aromatic heterocycles. The Hall–Kier alpha value is -0.300. The smallest absolute Gasteiger partial charge is 0.0127 e. The third-order valence-electron chi connectivity index (χ3n) is 2.35. The zero-order valence-corrected chi connectivity index (χ0v) is 6.06. The van der Waals surface area contributed by atoms with Crippen molar-refractivity contribution in [3.05, 3.63) is 12.7 Å². The summed E-state index contributed by atoms with van der Waals surface area (Å²) in [5.74, 6) is 0. The molecule has 1 nitrogen and oxygen atoms in total. The quantitative estimate of drug-likeness (QED) is 0.571. The molecule has 0 radical (unpaired) electrons. The van der Waals surface area contributed by atoms with Crippen LogP contribution in [0.25, 0.3) is 0 Å². The lowest BCUT2D eigenvalue weighted by Crippen LogP contribution is -2.28. The Morgan fingerprint density at radius 2 is 2.33 bits per heavy atom. The molecule has 2 N–H and O–H groups in total. The predicted octanol–water partition coefficient (Wildman–Crippen LogP) is 1.69. The maximum absolute atomic E-state index is 5.85. The second-order valence-electron chi connectivity index (χ2n) is 3.28. The molecule has 1 heteroatoms. The van der Waals surface area contributed by atoms with E-state index in [1.165, 1.54) is 12.8 Å². The van der Waals surface area contributed by atoms with Gasteiger partial charge in [-0.25, -0.2) is 0 Å². The van der Waals surface area contributed by atoms with E-state index in [0.29, 0.717) is 11.5 Å². The predicted molar refractivity (Wildman–Crippen MR) is 40.1 cm³/mol. The Morgan fingerprint density at radius 1 is 1.78 bits per heavy atom. The first-order chi connectivity index (χ1) is 4.19. The molecule has 1 fully saturated rings. The Labute approximate surface area is 56.9 Å². The minimum Gasteiger partial charge on any atom is -0.327 e. The summed E-state index contributed by atoms with van der Waals surface area (Å²) in [6.45, 7) is 5.91. The van der Waals surface area contributed by atoms with E-state index in [2.05, 4.69) is 13.5 Å². The summed E-state index contributed by atoms with van der Waals surface area (Å²) in [5.41, 5.74) is 6.32. The third kappa shape index (κ3) is 1.33. The van der Waals surface area contributed by atoms with E-state index in [0.717, 1.165) is 6.42 Å². The molecule has 52 valence electrons. The van der Waals surface area contributed by atoms with Crippen molar-refractivity contribution >= 4 is 0 Å². The van der Waals surface area contributed by atoms with Crippen LogP contribution in [0.3, 0.4) is 0 Å². The fraction of sp³-hybridized carbons (Fsp3) is 0.750. The first kappa shape index (κ1) is 6.81. The fourth-order valence-corrected chi connectivity index (χ4v) is 1.03. The van der Waals surface area contributed by atoms with Crippen molar-refractivity contribution < 1.29 is 0 Å². The molecule has 1 atom stereocenters. The van der Waals surface area contributed by atoms with Crippen LogP contribution in [0.15, 0.2) is 12.7 Å². The minimum absolute atomic E-state index is 0.356. The van der Waals surface area contributed by atoms with Crippen molar-refractivity contribution in [2.75, 3.05) is 0 Å². The first-order valence-electron chi connectivity index (χ1n) is 3.55. The van der Waals surface area contributed by atoms with E-state index in [-0.39, 0.29) is 0 Å². The highest BCUT2D eigenvalue weighted by molar-refractivity contribution is 4.99. The van der Waals surface area contributed by atoms with Crippen molar-refractivity contribution in [3.63, 3.8) is 0 Å². The van der Waals surface area contributed by atoms with Crippen LogP contribution in [-0.4, -0.2) is 6.04 Å². The Kier molecular flexibility index (Phi) is 1.62. The SMILES string of the molecule is C=CCC(N)C1(C)CC1. The number of hydrogen-bond donors (Lipinski definition) is 1. The van der Waals surface area contributed by atoms with E-state index in [9.17, 15) is 0 Å². The largest absolute Gasteiger partial charge is 0.327 e. The molecule has 9 heavy (non-hydrogen) atoms. The lowest BCUT2D eigenvalue weighted by atomic mass is 9.97. The Bertz CT molecular complexity index is 114. The van der Waals surface area contributed by atoms with Crippen molar-refractivity contribution in [1.29, 1.82) is 0 Å². The van der Waals surface area contributed by atoms with Crippen molar-refractivity contribution in [3.8, 4) is 0 Å². The highest BCUT2D eigenvalue weighted by atomic mass is 14.7. The van der Waals surface area contributed by atoms with Crippen molar-refractivity contribution in [1.82, 2.24) is 0 Å². The van der Waals surface area contributed by atoms with Gasteiger partial charge in [0.2, 0.25) is 0 Å². The molecule has 0 saturated heterocycles. The number of rotatable bonds is 3. The molecule has 0 bridgehead atoms. The summed E-state index contributed by atoms with van der Waals surface area (Å²) in [4.78, 5) is 0. The van der Waals surface area contributed by atoms with Crippen LogP contribution in [0.2, 0.25) is 0 Å². The minimum atomic E-state index is 0.356. The standard InChI is InChI=1S/C8H15N/c1-3-4-7(9)8(2)5-6-8/h3,7H,1,4-6,9H2,2H3. The number of hydrogen-bond acceptors (Lipinski definition) is 1. The molecule has 0 aliphatic heterocycles. The van der Waals surface area contributed by atoms with Gasteiger partial charge in [-0.05, 0) is 24.7 Å². The highest BCUT2D eigenvalue weighted by Crippen LogP contribution is 2.48. The summed E-state index contributed by atoms with van der Waals surface area (Å²) in [7, 11) is 0. The summed E-state index contributed by atoms with van der Waals surface area (Å²) < 4.78 is 0. The molecular weight excluding hydrogens is 110 g/mol. The van der Waals surface area contributed by atoms with Gasteiger partial charge in [0.1, 0.15) is 0 Å². The average molecular weight is 125 g/mol. The van der Waals surface area contributed by atoms with Gasteiger partial charge in [-0.3, -0.25) is 0 Å². The molecule has 1 saturated carbocycles. The van der Waals surface area contributed by atoms with E-state index in [1.807, 2.05) is 6.08 Å². The van der Waals surface area contributed by atoms with Crippen LogP contribution in [0.1, 0.15) is 26.2 Å². The van der Waals surface area contributed by atoms with Gasteiger partial charge in [-0.15, -0.1) is 6.58 Å². The summed E-state index contributed by atoms with van der Waals surface area (Å²) in [6, 6.07) is 0.356. The van der Waals surface area contributed by atoms with Crippen LogP contribution in [0.5, 0.6) is 0 Å². The van der Waals surface area contributed by atoms with Gasteiger partial charge in [0.05, 0.1) is 0 Å². The Balaban J connectivity index is 2.32. The molecule has 1 aliphatic carbocycles. The average Bonchev–Trinajstić information content (AvgIpc) is 2.50. The zero-order valence-electron chi connectivity index (χ0n) is 6.06. The normalized spacial score (nSPS) is 25.1. The summed E-state index contributed by atoms with van der Waals surface area (Å²) in [6.07, 6.45) is 5.49. The molecule has 0 aromatic rings. The van der Waals surface area contributed by atoms with E-state index in [1.54, 1.807) is 0 Å². The molecule has 0 heterocycles. The lowest BCUT2D eigenvalue weighted by Gasteiger charge is -2.15. The number of nitrogens with two attached hydrogens (primary N) is 1. The highest BCUT2D eigenvalue weighted by Gasteiger charge is 2.41. The second kappa shape index (κ2) is 2.14. The topological polar surface area (TPSA) is 26.0 Å². The van der Waals surface area contributed by atoms with Crippen LogP contribution in [0.4, 0.5) is 0 Å². The Morgan fingerprint density at radius 3 is 2.67 bits per heavy atom. The van der Waals surface area contributed by atoms with E-state index >= 15 is 0 Å². The second-order valence-corrected chi connectivity index (χ2v) is 3.28. The van der Waals surface area contributed by atoms with Gasteiger partial charge in [0, 0.05) is 6.04 Å². The molecule has 0 amide bonds. The van der Waals surface area contributed by atoms with Gasteiger partial charge < -0.3 is 5.73 Å². The van der Waals surface area contributed by atoms with Crippen molar-refractivity contribution in [2.24, 2.45) is 11.1 Å². The monoisotopic (exact) mass is 125 g/mol. The maximum Gasteiger partial charge on any atom is 0.0127 e. The van der Waals surface area contributed by atoms with Gasteiger partial charge >= 0.3 is 0 Å². The van der Waals surface area contributed by atoms with Crippen LogP contribution in [0, 0.1) is 5.41 Å². The van der Waals surface area contributed by atoms with Crippen LogP contribution < -0.4 is 5.73 Å². The lowest BCUT2D eigenvalue weighted by molar-refractivity contribution is 0.439. The van der Waals surface area contributed by atoms with Gasteiger partial charge in [0.15, 0.2) is 0 Å². The first-order valence-corrected chi connectivity index (χ1v) is 3.55. The third-order valence-corrected chi connectivity index (χ3v) is 2.35. The fourth-order valence-electron chi connectivity index (χ4n) is 1.03. The van der Waals surface area contributed by atoms with Crippen LogP contribution in [-0.2, 0) is 0 Å². The summed E-state index contributed by atoms with van der Waals surface area (Å²) >= 11 is 0. The molecule has 0 aromatic carbocycles. The molecule has 0 spiro atoms. The molecule has 1 unspecified atom stereocenters. The zero-order chi connectivity index (χ0) is 6.91. The van der Waals surface area contributed by atoms with Crippen molar-refractivity contribution in [2.45, 2.75) is 32.2 Å². The van der Waals surface area contributed by atoms with Gasteiger partial charge in [-0.2, -0.15) is 0 Å². The van der Waals surface area contributed by atoms with Crippen LogP contribution >= 0.6 is 0 Å². The van der Waals surface area contributed by atoms with Gasteiger partial charge in [0.25, 0.3) is 0 Å². The van der Waals surface area contributed by atoms with E-state index in [4.69, 9.17) is 5.73 Å². The summed E-state index contributed by atoms with van der Waals surface area (Å²) in [5, 5.41) is 0. The molecule has 1 aliphatic rings. The molecule has 1 rings (SSSR count).